The highest BCUT2D eigenvalue weighted by Crippen LogP contribution is 2.31. The van der Waals surface area contributed by atoms with Gasteiger partial charge in [0.15, 0.2) is 0 Å². The predicted octanol–water partition coefficient (Wildman–Crippen LogP) is 3.90. The summed E-state index contributed by atoms with van der Waals surface area (Å²) >= 11 is 7.34. The first-order valence-electron chi connectivity index (χ1n) is 9.26. The minimum Gasteiger partial charge on any atom is -0.474 e. The maximum Gasteiger partial charge on any atom is 0.406 e. The maximum atomic E-state index is 13.0. The molecule has 0 saturated heterocycles. The lowest BCUT2D eigenvalue weighted by Crippen LogP contribution is -2.22. The van der Waals surface area contributed by atoms with Gasteiger partial charge in [0.25, 0.3) is 5.56 Å². The smallest absolute Gasteiger partial charge is 0.406 e. The molecule has 0 saturated carbocycles. The highest BCUT2D eigenvalue weighted by molar-refractivity contribution is 7.22. The van der Waals surface area contributed by atoms with E-state index in [4.69, 9.17) is 21.1 Å². The average Bonchev–Trinajstić information content (AvgIpc) is 3.23. The van der Waals surface area contributed by atoms with Gasteiger partial charge in [0.1, 0.15) is 24.2 Å². The lowest BCUT2D eigenvalue weighted by Gasteiger charge is -2.08. The number of benzene rings is 1. The molecular formula is C21H17ClN4O4S. The van der Waals surface area contributed by atoms with E-state index in [2.05, 4.69) is 15.3 Å². The first-order valence-corrected chi connectivity index (χ1v) is 10.5. The number of carbonyl (C=O) groups excluding carboxylic acids is 1. The Bertz CT molecular complexity index is 1270. The van der Waals surface area contributed by atoms with Gasteiger partial charge in [0.05, 0.1) is 17.4 Å². The summed E-state index contributed by atoms with van der Waals surface area (Å²) in [5, 5.41) is 3.00. The first kappa shape index (κ1) is 20.8. The molecule has 4 aromatic rings. The molecule has 1 aromatic carbocycles. The number of rotatable bonds is 6. The standard InChI is InChI=1S/C21H17ClN4O4S/c1-23-21(28)30-9-8-29-18-7-6-15(11-24-18)26-12-25-16-10-17(31-19(16)20(26)27)13-2-4-14(22)5-3-13/h2-7,10-12H,8-9H2,1H3,(H,23,28). The van der Waals surface area contributed by atoms with Crippen molar-refractivity contribution in [3.05, 3.63) is 70.4 Å². The van der Waals surface area contributed by atoms with E-state index in [9.17, 15) is 9.59 Å². The zero-order valence-electron chi connectivity index (χ0n) is 16.4. The topological polar surface area (TPSA) is 95.3 Å². The van der Waals surface area contributed by atoms with Crippen molar-refractivity contribution < 1.29 is 14.3 Å². The Hall–Kier alpha value is -3.43. The van der Waals surface area contributed by atoms with Crippen molar-refractivity contribution in [2.75, 3.05) is 20.3 Å². The van der Waals surface area contributed by atoms with Crippen LogP contribution in [0.15, 0.2) is 59.8 Å². The summed E-state index contributed by atoms with van der Waals surface area (Å²) in [6.45, 7) is 0.257. The van der Waals surface area contributed by atoms with Crippen molar-refractivity contribution in [1.29, 1.82) is 0 Å². The first-order chi connectivity index (χ1) is 15.0. The number of nitrogens with zero attached hydrogens (tertiary/aromatic N) is 3. The summed E-state index contributed by atoms with van der Waals surface area (Å²) < 4.78 is 12.3. The van der Waals surface area contributed by atoms with Gasteiger partial charge in [-0.2, -0.15) is 0 Å². The Balaban J connectivity index is 1.52. The SMILES string of the molecule is CNC(=O)OCCOc1ccc(-n2cnc3cc(-c4ccc(Cl)cc4)sc3c2=O)cn1. The molecular weight excluding hydrogens is 440 g/mol. The van der Waals surface area contributed by atoms with Gasteiger partial charge in [-0.3, -0.25) is 9.36 Å². The van der Waals surface area contributed by atoms with Crippen molar-refractivity contribution >= 4 is 39.2 Å². The van der Waals surface area contributed by atoms with Crippen LogP contribution in [-0.2, 0) is 4.74 Å². The molecule has 10 heteroatoms. The van der Waals surface area contributed by atoms with Crippen molar-refractivity contribution in [2.45, 2.75) is 0 Å². The zero-order valence-corrected chi connectivity index (χ0v) is 17.9. The summed E-state index contributed by atoms with van der Waals surface area (Å²) in [4.78, 5) is 33.6. The average molecular weight is 457 g/mol. The quantitative estimate of drug-likeness (QED) is 0.442. The van der Waals surface area contributed by atoms with Crippen molar-refractivity contribution in [3.8, 4) is 22.0 Å². The number of hydrogen-bond acceptors (Lipinski definition) is 7. The second-order valence-corrected chi connectivity index (χ2v) is 7.83. The Morgan fingerprint density at radius 3 is 2.68 bits per heavy atom. The van der Waals surface area contributed by atoms with Crippen LogP contribution in [-0.4, -0.2) is 40.9 Å². The molecule has 31 heavy (non-hydrogen) atoms. The number of pyridine rings is 1. The summed E-state index contributed by atoms with van der Waals surface area (Å²) in [7, 11) is 1.48. The number of aromatic nitrogens is 3. The molecule has 1 amide bonds. The van der Waals surface area contributed by atoms with Crippen molar-refractivity contribution in [2.24, 2.45) is 0 Å². The van der Waals surface area contributed by atoms with E-state index >= 15 is 0 Å². The van der Waals surface area contributed by atoms with Gasteiger partial charge in [0, 0.05) is 23.0 Å². The lowest BCUT2D eigenvalue weighted by molar-refractivity contribution is 0.125. The summed E-state index contributed by atoms with van der Waals surface area (Å²) in [5.74, 6) is 0.354. The molecule has 0 bridgehead atoms. The van der Waals surface area contributed by atoms with Crippen LogP contribution in [0.3, 0.4) is 0 Å². The molecule has 4 rings (SSSR count). The maximum absolute atomic E-state index is 13.0. The second-order valence-electron chi connectivity index (χ2n) is 6.34. The van der Waals surface area contributed by atoms with E-state index in [0.717, 1.165) is 10.4 Å². The van der Waals surface area contributed by atoms with Crippen LogP contribution >= 0.6 is 22.9 Å². The Kier molecular flexibility index (Phi) is 6.15. The third kappa shape index (κ3) is 4.68. The molecule has 1 N–H and O–H groups in total. The molecule has 3 aromatic heterocycles. The van der Waals surface area contributed by atoms with E-state index in [-0.39, 0.29) is 18.8 Å². The molecule has 0 fully saturated rings. The zero-order chi connectivity index (χ0) is 21.8. The number of ether oxygens (including phenoxy) is 2. The minimum atomic E-state index is -0.526. The molecule has 0 spiro atoms. The van der Waals surface area contributed by atoms with Gasteiger partial charge >= 0.3 is 6.09 Å². The highest BCUT2D eigenvalue weighted by Gasteiger charge is 2.12. The fraction of sp³-hybridized carbons (Fsp3) is 0.143. The molecule has 8 nitrogen and oxygen atoms in total. The summed E-state index contributed by atoms with van der Waals surface area (Å²) in [6, 6.07) is 12.7. The number of halogens is 1. The van der Waals surface area contributed by atoms with E-state index in [1.165, 1.54) is 35.5 Å². The summed E-state index contributed by atoms with van der Waals surface area (Å²) in [6.07, 6.45) is 2.48. The fourth-order valence-electron chi connectivity index (χ4n) is 2.81. The van der Waals surface area contributed by atoms with Crippen molar-refractivity contribution in [1.82, 2.24) is 19.9 Å². The number of nitrogens with one attached hydrogen (secondary N) is 1. The van der Waals surface area contributed by atoms with E-state index in [1.54, 1.807) is 12.1 Å². The highest BCUT2D eigenvalue weighted by atomic mass is 35.5. The number of amides is 1. The van der Waals surface area contributed by atoms with Crippen LogP contribution in [0, 0.1) is 0 Å². The number of thiophene rings is 1. The Morgan fingerprint density at radius 1 is 1.16 bits per heavy atom. The molecule has 0 radical (unpaired) electrons. The fourth-order valence-corrected chi connectivity index (χ4v) is 3.98. The van der Waals surface area contributed by atoms with Crippen LogP contribution in [0.4, 0.5) is 4.79 Å². The van der Waals surface area contributed by atoms with Gasteiger partial charge in [0.2, 0.25) is 5.88 Å². The Morgan fingerprint density at radius 2 is 1.97 bits per heavy atom. The van der Waals surface area contributed by atoms with Gasteiger partial charge in [-0.1, -0.05) is 23.7 Å². The largest absolute Gasteiger partial charge is 0.474 e. The molecule has 0 unspecified atom stereocenters. The molecule has 0 aliphatic rings. The van der Waals surface area contributed by atoms with Crippen LogP contribution < -0.4 is 15.6 Å². The number of carbonyl (C=O) groups is 1. The Labute approximate surface area is 186 Å². The monoisotopic (exact) mass is 456 g/mol. The minimum absolute atomic E-state index is 0.0947. The van der Waals surface area contributed by atoms with Crippen LogP contribution in [0.2, 0.25) is 5.02 Å². The molecule has 0 aliphatic carbocycles. The van der Waals surface area contributed by atoms with Gasteiger partial charge in [-0.25, -0.2) is 14.8 Å². The molecule has 0 aliphatic heterocycles. The van der Waals surface area contributed by atoms with Gasteiger partial charge in [-0.15, -0.1) is 11.3 Å². The predicted molar refractivity (Wildman–Crippen MR) is 119 cm³/mol. The van der Waals surface area contributed by atoms with Gasteiger partial charge < -0.3 is 14.8 Å². The third-order valence-corrected chi connectivity index (χ3v) is 5.75. The van der Waals surface area contributed by atoms with Gasteiger partial charge in [-0.05, 0) is 29.8 Å². The third-order valence-electron chi connectivity index (χ3n) is 4.34. The van der Waals surface area contributed by atoms with Crippen LogP contribution in [0.5, 0.6) is 5.88 Å². The molecule has 3 heterocycles. The lowest BCUT2D eigenvalue weighted by atomic mass is 10.2. The molecule has 0 atom stereocenters. The summed E-state index contributed by atoms with van der Waals surface area (Å²) in [5.41, 5.74) is 2.00. The van der Waals surface area contributed by atoms with Crippen LogP contribution in [0.25, 0.3) is 26.3 Å². The normalized spacial score (nSPS) is 10.8. The number of fused-ring (bicyclic) bond motifs is 1. The number of alkyl carbamates (subject to hydrolysis) is 1. The number of hydrogen-bond donors (Lipinski definition) is 1. The van der Waals surface area contributed by atoms with Crippen molar-refractivity contribution in [3.63, 3.8) is 0 Å². The van der Waals surface area contributed by atoms with E-state index < -0.39 is 6.09 Å². The van der Waals surface area contributed by atoms with E-state index in [1.807, 2.05) is 30.3 Å². The van der Waals surface area contributed by atoms with Crippen LogP contribution in [0.1, 0.15) is 0 Å². The second kappa shape index (κ2) is 9.15. The van der Waals surface area contributed by atoms with E-state index in [0.29, 0.717) is 26.8 Å². The molecule has 158 valence electrons.